The third-order valence-electron chi connectivity index (χ3n) is 3.96. The quantitative estimate of drug-likeness (QED) is 0.424. The average Bonchev–Trinajstić information content (AvgIpc) is 3.02. The van der Waals surface area contributed by atoms with Crippen LogP contribution < -0.4 is 10.2 Å². The van der Waals surface area contributed by atoms with E-state index in [-0.39, 0.29) is 11.3 Å². The molecule has 0 aliphatic rings. The number of methoxy groups -OCH3 is 1. The highest BCUT2D eigenvalue weighted by molar-refractivity contribution is 6.31. The van der Waals surface area contributed by atoms with Crippen molar-refractivity contribution in [1.29, 1.82) is 5.26 Å². The zero-order valence-electron chi connectivity index (χ0n) is 16.4. The largest absolute Gasteiger partial charge is 0.496 e. The lowest BCUT2D eigenvalue weighted by atomic mass is 9.94. The van der Waals surface area contributed by atoms with Gasteiger partial charge in [-0.1, -0.05) is 45.7 Å². The van der Waals surface area contributed by atoms with Gasteiger partial charge in [0, 0.05) is 16.5 Å². The summed E-state index contributed by atoms with van der Waals surface area (Å²) < 4.78 is 13.1. The molecule has 0 aliphatic carbocycles. The Hall–Kier alpha value is -2.52. The molecule has 1 aromatic carbocycles. The maximum absolute atomic E-state index is 9.15. The summed E-state index contributed by atoms with van der Waals surface area (Å²) in [7, 11) is 1.55. The Balaban J connectivity index is 2.66. The van der Waals surface area contributed by atoms with Crippen molar-refractivity contribution in [1.82, 2.24) is 4.74 Å². The summed E-state index contributed by atoms with van der Waals surface area (Å²) in [5, 5.41) is 9.66. The predicted octanol–water partition coefficient (Wildman–Crippen LogP) is 4.67. The van der Waals surface area contributed by atoms with Crippen molar-refractivity contribution in [2.24, 2.45) is 9.98 Å². The Kier molecular flexibility index (Phi) is 6.86. The molecule has 0 fully saturated rings. The fourth-order valence-electron chi connectivity index (χ4n) is 2.44. The second kappa shape index (κ2) is 8.92. The summed E-state index contributed by atoms with van der Waals surface area (Å²) in [6.45, 7) is 9.03. The minimum atomic E-state index is -0.165. The van der Waals surface area contributed by atoms with Crippen LogP contribution in [0.15, 0.2) is 38.8 Å². The van der Waals surface area contributed by atoms with Gasteiger partial charge in [-0.15, -0.1) is 0 Å². The van der Waals surface area contributed by atoms with Crippen molar-refractivity contribution >= 4 is 17.4 Å². The number of hydrogen-bond donors (Lipinski definition) is 0. The second-order valence-electron chi connectivity index (χ2n) is 7.16. The van der Waals surface area contributed by atoms with Crippen molar-refractivity contribution in [3.8, 4) is 11.9 Å². The van der Waals surface area contributed by atoms with Crippen LogP contribution in [0.1, 0.15) is 51.9 Å². The van der Waals surface area contributed by atoms with E-state index in [1.165, 1.54) is 0 Å². The van der Waals surface area contributed by atoms with Crippen LogP contribution in [0.2, 0.25) is 5.02 Å². The average molecular weight is 389 g/mol. The van der Waals surface area contributed by atoms with Crippen LogP contribution in [0, 0.1) is 11.5 Å². The fraction of sp³-hybridized carbons (Fsp3) is 0.450. The highest BCUT2D eigenvalue weighted by Crippen LogP contribution is 2.24. The first-order chi connectivity index (χ1) is 12.8. The van der Waals surface area contributed by atoms with Gasteiger partial charge in [-0.25, -0.2) is 4.99 Å². The van der Waals surface area contributed by atoms with Crippen molar-refractivity contribution in [2.75, 3.05) is 7.11 Å². The van der Waals surface area contributed by atoms with Crippen LogP contribution in [0.25, 0.3) is 0 Å². The molecule has 0 aliphatic heterocycles. The normalized spacial score (nSPS) is 12.9. The molecule has 2 rings (SSSR count). The number of aryl methyl sites for hydroxylation is 1. The van der Waals surface area contributed by atoms with Gasteiger partial charge < -0.3 is 9.26 Å². The van der Waals surface area contributed by atoms with Crippen LogP contribution in [0.3, 0.4) is 0 Å². The molecule has 0 N–H and O–H groups in total. The maximum Gasteiger partial charge on any atom is 0.207 e. The van der Waals surface area contributed by atoms with E-state index in [0.29, 0.717) is 28.4 Å². The zero-order valence-corrected chi connectivity index (χ0v) is 17.2. The Labute approximate surface area is 164 Å². The van der Waals surface area contributed by atoms with Gasteiger partial charge in [-0.05, 0) is 24.6 Å². The van der Waals surface area contributed by atoms with Gasteiger partial charge in [0.2, 0.25) is 6.19 Å². The Morgan fingerprint density at radius 2 is 2.07 bits per heavy atom. The molecular weight excluding hydrogens is 364 g/mol. The van der Waals surface area contributed by atoms with Crippen molar-refractivity contribution in [2.45, 2.75) is 52.5 Å². The number of ether oxygens (including phenoxy) is 1. The van der Waals surface area contributed by atoms with E-state index in [4.69, 9.17) is 26.1 Å². The first-order valence-corrected chi connectivity index (χ1v) is 9.25. The smallest absolute Gasteiger partial charge is 0.207 e. The van der Waals surface area contributed by atoms with Crippen LogP contribution in [-0.4, -0.2) is 17.7 Å². The van der Waals surface area contributed by atoms with Crippen molar-refractivity contribution < 1.29 is 9.26 Å². The van der Waals surface area contributed by atoms with Crippen LogP contribution >= 0.6 is 11.6 Å². The number of benzene rings is 1. The number of hydrogen-bond acceptors (Lipinski definition) is 4. The third kappa shape index (κ3) is 5.24. The predicted molar refractivity (Wildman–Crippen MR) is 106 cm³/mol. The molecule has 7 heteroatoms. The number of nitrogens with zero attached hydrogens (tertiary/aromatic N) is 4. The number of amidine groups is 1. The van der Waals surface area contributed by atoms with Gasteiger partial charge in [0.05, 0.1) is 19.2 Å². The minimum Gasteiger partial charge on any atom is -0.496 e. The van der Waals surface area contributed by atoms with E-state index in [9.17, 15) is 0 Å². The molecule has 0 radical (unpaired) electrons. The van der Waals surface area contributed by atoms with Gasteiger partial charge in [0.25, 0.3) is 0 Å². The fourth-order valence-corrected chi connectivity index (χ4v) is 2.61. The Morgan fingerprint density at radius 1 is 1.33 bits per heavy atom. The van der Waals surface area contributed by atoms with Crippen molar-refractivity contribution in [3.05, 3.63) is 46.1 Å². The summed E-state index contributed by atoms with van der Waals surface area (Å²) >= 11 is 6.13. The lowest BCUT2D eigenvalue weighted by Gasteiger charge is -2.13. The summed E-state index contributed by atoms with van der Waals surface area (Å²) in [5.41, 5.74) is 0.985. The monoisotopic (exact) mass is 388 g/mol. The van der Waals surface area contributed by atoms with Gasteiger partial charge in [0.15, 0.2) is 11.3 Å². The molecule has 0 saturated carbocycles. The van der Waals surface area contributed by atoms with E-state index in [0.717, 1.165) is 18.6 Å². The molecule has 0 spiro atoms. The highest BCUT2D eigenvalue weighted by Gasteiger charge is 2.20. The van der Waals surface area contributed by atoms with E-state index >= 15 is 0 Å². The summed E-state index contributed by atoms with van der Waals surface area (Å²) in [5.74, 6) is 1.58. The number of halogens is 1. The van der Waals surface area contributed by atoms with E-state index in [2.05, 4.69) is 37.7 Å². The summed E-state index contributed by atoms with van der Waals surface area (Å²) in [6, 6.07) is 7.01. The number of rotatable bonds is 5. The summed E-state index contributed by atoms with van der Waals surface area (Å²) in [6.07, 6.45) is 3.79. The molecule has 0 atom stereocenters. The number of nitriles is 1. The molecule has 0 amide bonds. The molecule has 0 saturated heterocycles. The maximum atomic E-state index is 9.15. The molecule has 0 bridgehead atoms. The molecule has 1 aromatic heterocycles. The molecule has 2 aromatic rings. The zero-order chi connectivity index (χ0) is 20.0. The van der Waals surface area contributed by atoms with Gasteiger partial charge >= 0.3 is 0 Å². The Morgan fingerprint density at radius 3 is 2.67 bits per heavy atom. The van der Waals surface area contributed by atoms with Gasteiger partial charge in [-0.2, -0.15) is 15.0 Å². The van der Waals surface area contributed by atoms with Crippen LogP contribution in [0.5, 0.6) is 5.75 Å². The first kappa shape index (κ1) is 20.8. The molecular formula is C20H25ClN4O2. The lowest BCUT2D eigenvalue weighted by molar-refractivity contribution is 0.214. The molecule has 144 valence electrons. The van der Waals surface area contributed by atoms with Crippen LogP contribution in [-0.2, 0) is 12.0 Å². The van der Waals surface area contributed by atoms with E-state index in [1.54, 1.807) is 30.0 Å². The number of aromatic nitrogens is 1. The SMILES string of the molecule is CCCCn1oc(C(C)(C)C)c/c1=N\C(=NC#N)c1cc(Cl)ccc1OC. The first-order valence-electron chi connectivity index (χ1n) is 8.87. The Bertz CT molecular complexity index is 927. The molecule has 27 heavy (non-hydrogen) atoms. The number of aliphatic imine (C=N–C) groups is 1. The standard InChI is InChI=1S/C20H25ClN4O2/c1-6-7-10-25-18(12-17(27-25)20(2,3)4)24-19(23-13-22)15-11-14(21)8-9-16(15)26-5/h8-9,11-12H,6-7,10H2,1-5H3/b23-19?,24-18+. The minimum absolute atomic E-state index is 0.165. The highest BCUT2D eigenvalue weighted by atomic mass is 35.5. The van der Waals surface area contributed by atoms with E-state index < -0.39 is 0 Å². The van der Waals surface area contributed by atoms with Crippen molar-refractivity contribution in [3.63, 3.8) is 0 Å². The second-order valence-corrected chi connectivity index (χ2v) is 7.59. The van der Waals surface area contributed by atoms with Gasteiger partial charge in [-0.3, -0.25) is 0 Å². The van der Waals surface area contributed by atoms with Gasteiger partial charge in [0.1, 0.15) is 11.5 Å². The third-order valence-corrected chi connectivity index (χ3v) is 4.19. The molecule has 1 heterocycles. The molecule has 0 unspecified atom stereocenters. The summed E-state index contributed by atoms with van der Waals surface area (Å²) in [4.78, 5) is 8.51. The topological polar surface area (TPSA) is 75.8 Å². The number of unbranched alkanes of at least 4 members (excludes halogenated alkanes) is 1. The van der Waals surface area contributed by atoms with Crippen LogP contribution in [0.4, 0.5) is 0 Å². The molecule has 6 nitrogen and oxygen atoms in total. The van der Waals surface area contributed by atoms with E-state index in [1.807, 2.05) is 12.3 Å². The lowest BCUT2D eigenvalue weighted by Crippen LogP contribution is -2.18.